The van der Waals surface area contributed by atoms with Gasteiger partial charge in [-0.2, -0.15) is 0 Å². The molecule has 2 aromatic carbocycles. The molecule has 0 spiro atoms. The Morgan fingerprint density at radius 1 is 1.16 bits per heavy atom. The van der Waals surface area contributed by atoms with Crippen LogP contribution in [0.2, 0.25) is 5.02 Å². The molecule has 6 nitrogen and oxygen atoms in total. The van der Waals surface area contributed by atoms with E-state index in [0.717, 1.165) is 48.2 Å². The maximum absolute atomic E-state index is 11.6. The van der Waals surface area contributed by atoms with Crippen LogP contribution < -0.4 is 9.46 Å². The number of aromatic nitrogens is 1. The second kappa shape index (κ2) is 8.33. The lowest BCUT2D eigenvalue weighted by molar-refractivity contribution is 0.116. The van der Waals surface area contributed by atoms with Crippen molar-refractivity contribution in [3.8, 4) is 10.9 Å². The van der Waals surface area contributed by atoms with E-state index in [4.69, 9.17) is 16.3 Å². The van der Waals surface area contributed by atoms with Crippen LogP contribution in [0.5, 0.6) is 10.9 Å². The molecule has 2 aliphatic rings. The van der Waals surface area contributed by atoms with Crippen molar-refractivity contribution in [2.45, 2.75) is 50.4 Å². The molecule has 2 saturated heterocycles. The first-order chi connectivity index (χ1) is 14.8. The normalized spacial score (nSPS) is 24.0. The summed E-state index contributed by atoms with van der Waals surface area (Å²) in [4.78, 5) is 7.03. The highest BCUT2D eigenvalue weighted by molar-refractivity contribution is 7.88. The highest BCUT2D eigenvalue weighted by atomic mass is 35.5. The van der Waals surface area contributed by atoms with Crippen molar-refractivity contribution < 1.29 is 13.2 Å². The maximum Gasteiger partial charge on any atom is 0.279 e. The first-order valence-corrected chi connectivity index (χ1v) is 13.5. The van der Waals surface area contributed by atoms with Crippen molar-refractivity contribution in [3.05, 3.63) is 53.1 Å². The van der Waals surface area contributed by atoms with Crippen LogP contribution in [0, 0.1) is 0 Å². The van der Waals surface area contributed by atoms with Gasteiger partial charge in [-0.3, -0.25) is 4.90 Å². The molecule has 31 heavy (non-hydrogen) atoms. The Kier molecular flexibility index (Phi) is 5.68. The predicted molar refractivity (Wildman–Crippen MR) is 125 cm³/mol. The van der Waals surface area contributed by atoms with E-state index in [-0.39, 0.29) is 6.04 Å². The zero-order valence-corrected chi connectivity index (χ0v) is 19.5. The second-order valence-corrected chi connectivity index (χ2v) is 11.6. The monoisotopic (exact) mass is 477 g/mol. The van der Waals surface area contributed by atoms with Gasteiger partial charge in [-0.25, -0.2) is 18.1 Å². The van der Waals surface area contributed by atoms with Crippen molar-refractivity contribution in [2.24, 2.45) is 0 Å². The van der Waals surface area contributed by atoms with Gasteiger partial charge in [0.2, 0.25) is 10.0 Å². The third-order valence-corrected chi connectivity index (χ3v) is 8.07. The molecule has 2 atom stereocenters. The third kappa shape index (κ3) is 4.73. The van der Waals surface area contributed by atoms with Gasteiger partial charge >= 0.3 is 0 Å². The fourth-order valence-corrected chi connectivity index (χ4v) is 6.78. The van der Waals surface area contributed by atoms with E-state index in [0.29, 0.717) is 22.3 Å². The predicted octanol–water partition coefficient (Wildman–Crippen LogP) is 4.79. The quantitative estimate of drug-likeness (QED) is 0.552. The van der Waals surface area contributed by atoms with E-state index in [2.05, 4.69) is 26.7 Å². The Labute approximate surface area is 191 Å². The van der Waals surface area contributed by atoms with Crippen LogP contribution in [0.1, 0.15) is 31.2 Å². The summed E-state index contributed by atoms with van der Waals surface area (Å²) in [5.74, 6) is 0.748. The molecule has 0 radical (unpaired) electrons. The fourth-order valence-electron chi connectivity index (χ4n) is 4.84. The Balaban J connectivity index is 1.23. The molecule has 3 aromatic rings. The summed E-state index contributed by atoms with van der Waals surface area (Å²) in [6.07, 6.45) is 5.27. The van der Waals surface area contributed by atoms with E-state index >= 15 is 0 Å². The standard InChI is InChI=1S/C22H24ClN3O3S2/c1-31(27,28)25-15-11-16-7-8-17(12-15)26(16)13-14-5-9-18(10-6-14)29-22-24-21-19(23)3-2-4-20(21)30-22/h2-6,9-10,15-17,25H,7-8,11-13H2,1H3. The Morgan fingerprint density at radius 2 is 1.87 bits per heavy atom. The number of hydrogen-bond donors (Lipinski definition) is 1. The van der Waals surface area contributed by atoms with Crippen molar-refractivity contribution >= 4 is 43.2 Å². The maximum atomic E-state index is 11.6. The molecular weight excluding hydrogens is 454 g/mol. The average molecular weight is 478 g/mol. The second-order valence-electron chi connectivity index (χ2n) is 8.43. The zero-order chi connectivity index (χ0) is 21.6. The van der Waals surface area contributed by atoms with E-state index in [1.807, 2.05) is 30.3 Å². The Morgan fingerprint density at radius 3 is 2.52 bits per heavy atom. The van der Waals surface area contributed by atoms with Crippen LogP contribution in [0.3, 0.4) is 0 Å². The van der Waals surface area contributed by atoms with Gasteiger partial charge in [0.1, 0.15) is 11.3 Å². The molecule has 9 heteroatoms. The highest BCUT2D eigenvalue weighted by Crippen LogP contribution is 2.38. The molecule has 0 aliphatic carbocycles. The number of hydrogen-bond acceptors (Lipinski definition) is 6. The van der Waals surface area contributed by atoms with Gasteiger partial charge in [0.15, 0.2) is 0 Å². The SMILES string of the molecule is CS(=O)(=O)NC1CC2CCC(C1)N2Cc1ccc(Oc2nc3c(Cl)cccc3s2)cc1. The number of thiazole rings is 1. The number of halogens is 1. The molecular formula is C22H24ClN3O3S2. The van der Waals surface area contributed by atoms with Crippen LogP contribution in [0.15, 0.2) is 42.5 Å². The van der Waals surface area contributed by atoms with E-state index in [1.165, 1.54) is 23.2 Å². The minimum atomic E-state index is -3.16. The van der Waals surface area contributed by atoms with Crippen LogP contribution >= 0.6 is 22.9 Å². The summed E-state index contributed by atoms with van der Waals surface area (Å²) in [6.45, 7) is 0.873. The van der Waals surface area contributed by atoms with Gasteiger partial charge in [-0.1, -0.05) is 41.1 Å². The lowest BCUT2D eigenvalue weighted by Crippen LogP contribution is -2.49. The highest BCUT2D eigenvalue weighted by Gasteiger charge is 2.41. The number of rotatable bonds is 6. The zero-order valence-electron chi connectivity index (χ0n) is 17.1. The summed E-state index contributed by atoms with van der Waals surface area (Å²) >= 11 is 7.68. The molecule has 1 N–H and O–H groups in total. The molecule has 0 amide bonds. The summed E-state index contributed by atoms with van der Waals surface area (Å²) in [6, 6.07) is 14.8. The summed E-state index contributed by atoms with van der Waals surface area (Å²) in [5, 5.41) is 1.21. The first-order valence-electron chi connectivity index (χ1n) is 10.4. The molecule has 3 heterocycles. The van der Waals surface area contributed by atoms with Gasteiger partial charge in [0.05, 0.1) is 16.0 Å². The number of fused-ring (bicyclic) bond motifs is 3. The molecule has 0 saturated carbocycles. The molecule has 2 bridgehead atoms. The topological polar surface area (TPSA) is 71.5 Å². The molecule has 2 unspecified atom stereocenters. The average Bonchev–Trinajstić information content (AvgIpc) is 3.21. The van der Waals surface area contributed by atoms with Crippen LogP contribution in [-0.4, -0.2) is 42.7 Å². The van der Waals surface area contributed by atoms with Crippen molar-refractivity contribution in [1.82, 2.24) is 14.6 Å². The van der Waals surface area contributed by atoms with Crippen molar-refractivity contribution in [3.63, 3.8) is 0 Å². The van der Waals surface area contributed by atoms with E-state index in [1.54, 1.807) is 0 Å². The van der Waals surface area contributed by atoms with E-state index < -0.39 is 10.0 Å². The van der Waals surface area contributed by atoms with Crippen LogP contribution in [-0.2, 0) is 16.6 Å². The van der Waals surface area contributed by atoms with Crippen molar-refractivity contribution in [1.29, 1.82) is 0 Å². The van der Waals surface area contributed by atoms with Gasteiger partial charge in [0, 0.05) is 24.7 Å². The fraction of sp³-hybridized carbons (Fsp3) is 0.409. The smallest absolute Gasteiger partial charge is 0.279 e. The largest absolute Gasteiger partial charge is 0.431 e. The number of piperidine rings is 1. The van der Waals surface area contributed by atoms with E-state index in [9.17, 15) is 8.42 Å². The first kappa shape index (κ1) is 21.2. The lowest BCUT2D eigenvalue weighted by atomic mass is 9.97. The number of sulfonamides is 1. The number of benzene rings is 2. The molecule has 2 fully saturated rings. The van der Waals surface area contributed by atoms with Crippen LogP contribution in [0.25, 0.3) is 10.2 Å². The molecule has 1 aromatic heterocycles. The minimum absolute atomic E-state index is 0.0573. The third-order valence-electron chi connectivity index (χ3n) is 6.11. The molecule has 5 rings (SSSR count). The summed E-state index contributed by atoms with van der Waals surface area (Å²) in [7, 11) is -3.16. The summed E-state index contributed by atoms with van der Waals surface area (Å²) < 4.78 is 32.9. The van der Waals surface area contributed by atoms with Crippen molar-refractivity contribution in [2.75, 3.05) is 6.26 Å². The lowest BCUT2D eigenvalue weighted by Gasteiger charge is -2.39. The molecule has 2 aliphatic heterocycles. The number of ether oxygens (including phenoxy) is 1. The van der Waals surface area contributed by atoms with Gasteiger partial charge < -0.3 is 4.74 Å². The van der Waals surface area contributed by atoms with Crippen LogP contribution in [0.4, 0.5) is 0 Å². The molecule has 164 valence electrons. The number of nitrogens with zero attached hydrogens (tertiary/aromatic N) is 2. The number of para-hydroxylation sites is 1. The summed E-state index contributed by atoms with van der Waals surface area (Å²) in [5.41, 5.74) is 2.00. The Bertz CT molecular complexity index is 1180. The van der Waals surface area contributed by atoms with Gasteiger partial charge in [-0.05, 0) is 55.5 Å². The van der Waals surface area contributed by atoms with Gasteiger partial charge in [0.25, 0.3) is 5.19 Å². The Hall–Kier alpha value is -1.71. The number of nitrogens with one attached hydrogen (secondary N) is 1. The van der Waals surface area contributed by atoms with Gasteiger partial charge in [-0.15, -0.1) is 0 Å². The minimum Gasteiger partial charge on any atom is -0.431 e.